The Kier molecular flexibility index (Phi) is 9.85. The molecule has 0 bridgehead atoms. The molecule has 5 nitrogen and oxygen atoms in total. The number of nitrogens with one attached hydrogen (secondary N) is 1. The average molecular weight is 479 g/mol. The molecule has 0 spiro atoms. The first-order valence-corrected chi connectivity index (χ1v) is 11.7. The zero-order valence-corrected chi connectivity index (χ0v) is 20.9. The van der Waals surface area contributed by atoms with E-state index in [2.05, 4.69) is 11.4 Å². The highest BCUT2D eigenvalue weighted by Gasteiger charge is 2.30. The van der Waals surface area contributed by atoms with Gasteiger partial charge in [0.05, 0.1) is 0 Å². The maximum Gasteiger partial charge on any atom is 0.261 e. The second-order valence-electron chi connectivity index (χ2n) is 7.93. The summed E-state index contributed by atoms with van der Waals surface area (Å²) in [5.74, 6) is 0.154. The Labute approximate surface area is 201 Å². The van der Waals surface area contributed by atoms with Crippen LogP contribution in [0.3, 0.4) is 0 Å². The summed E-state index contributed by atoms with van der Waals surface area (Å²) in [7, 11) is 0. The van der Waals surface area contributed by atoms with Gasteiger partial charge in [-0.15, -0.1) is 0 Å². The van der Waals surface area contributed by atoms with Gasteiger partial charge < -0.3 is 15.0 Å². The molecule has 1 atom stereocenters. The van der Waals surface area contributed by atoms with Crippen LogP contribution in [0.5, 0.6) is 5.75 Å². The second-order valence-corrected chi connectivity index (χ2v) is 8.74. The number of hydrogen-bond donors (Lipinski definition) is 1. The van der Waals surface area contributed by atoms with Crippen LogP contribution < -0.4 is 10.1 Å². The van der Waals surface area contributed by atoms with Crippen LogP contribution in [0.15, 0.2) is 30.3 Å². The van der Waals surface area contributed by atoms with Gasteiger partial charge >= 0.3 is 0 Å². The lowest BCUT2D eigenvalue weighted by Gasteiger charge is -2.31. The molecule has 2 aromatic rings. The molecule has 2 amide bonds. The van der Waals surface area contributed by atoms with Crippen molar-refractivity contribution < 1.29 is 14.3 Å². The molecule has 2 rings (SSSR count). The highest BCUT2D eigenvalue weighted by atomic mass is 35.5. The van der Waals surface area contributed by atoms with E-state index >= 15 is 0 Å². The smallest absolute Gasteiger partial charge is 0.261 e. The van der Waals surface area contributed by atoms with Crippen LogP contribution in [-0.2, 0) is 16.1 Å². The van der Waals surface area contributed by atoms with Gasteiger partial charge in [0.15, 0.2) is 6.61 Å². The number of carbonyl (C=O) groups is 2. The highest BCUT2D eigenvalue weighted by molar-refractivity contribution is 6.36. The van der Waals surface area contributed by atoms with Gasteiger partial charge in [0, 0.05) is 28.7 Å². The Balaban J connectivity index is 2.32. The molecule has 0 aliphatic heterocycles. The predicted molar refractivity (Wildman–Crippen MR) is 131 cm³/mol. The van der Waals surface area contributed by atoms with E-state index in [4.69, 9.17) is 27.9 Å². The second kappa shape index (κ2) is 12.1. The van der Waals surface area contributed by atoms with Crippen LogP contribution in [0, 0.1) is 20.8 Å². The number of ether oxygens (including phenoxy) is 1. The van der Waals surface area contributed by atoms with Crippen molar-refractivity contribution in [2.75, 3.05) is 13.2 Å². The molecule has 0 radical (unpaired) electrons. The van der Waals surface area contributed by atoms with Gasteiger partial charge in [0.2, 0.25) is 5.91 Å². The van der Waals surface area contributed by atoms with Crippen molar-refractivity contribution in [3.05, 3.63) is 62.6 Å². The Morgan fingerprint density at radius 3 is 2.34 bits per heavy atom. The molecule has 0 saturated heterocycles. The number of amides is 2. The molecular weight excluding hydrogens is 447 g/mol. The average Bonchev–Trinajstić information content (AvgIpc) is 2.75. The summed E-state index contributed by atoms with van der Waals surface area (Å²) < 4.78 is 5.91. The summed E-state index contributed by atoms with van der Waals surface area (Å²) in [5, 5.41) is 3.79. The lowest BCUT2D eigenvalue weighted by atomic mass is 10.1. The monoisotopic (exact) mass is 478 g/mol. The quantitative estimate of drug-likeness (QED) is 0.481. The number of benzene rings is 2. The predicted octanol–water partition coefficient (Wildman–Crippen LogP) is 5.63. The minimum absolute atomic E-state index is 0.116. The van der Waals surface area contributed by atoms with Gasteiger partial charge in [-0.3, -0.25) is 9.59 Å². The van der Waals surface area contributed by atoms with Gasteiger partial charge in [-0.05, 0) is 68.5 Å². The molecule has 0 saturated carbocycles. The zero-order valence-electron chi connectivity index (χ0n) is 19.4. The first-order chi connectivity index (χ1) is 15.2. The van der Waals surface area contributed by atoms with Gasteiger partial charge in [0.1, 0.15) is 11.8 Å². The number of carbonyl (C=O) groups excluding carboxylic acids is 2. The van der Waals surface area contributed by atoms with Crippen molar-refractivity contribution in [2.45, 2.75) is 60.0 Å². The molecule has 1 unspecified atom stereocenters. The Morgan fingerprint density at radius 2 is 1.75 bits per heavy atom. The van der Waals surface area contributed by atoms with Gasteiger partial charge in [-0.1, -0.05) is 49.2 Å². The molecule has 2 aromatic carbocycles. The first kappa shape index (κ1) is 26.0. The molecule has 0 heterocycles. The normalized spacial score (nSPS) is 11.7. The first-order valence-electron chi connectivity index (χ1n) is 10.9. The zero-order chi connectivity index (χ0) is 23.8. The minimum atomic E-state index is -0.662. The van der Waals surface area contributed by atoms with E-state index in [1.165, 1.54) is 4.90 Å². The summed E-state index contributed by atoms with van der Waals surface area (Å²) in [5.41, 5.74) is 3.74. The summed E-state index contributed by atoms with van der Waals surface area (Å²) in [4.78, 5) is 27.7. The van der Waals surface area contributed by atoms with Gasteiger partial charge in [-0.25, -0.2) is 0 Å². The molecule has 0 aliphatic carbocycles. The van der Waals surface area contributed by atoms with Gasteiger partial charge in [0.25, 0.3) is 5.91 Å². The van der Waals surface area contributed by atoms with Crippen molar-refractivity contribution in [2.24, 2.45) is 0 Å². The molecule has 1 N–H and O–H groups in total. The van der Waals surface area contributed by atoms with Crippen molar-refractivity contribution in [1.82, 2.24) is 10.2 Å². The summed E-state index contributed by atoms with van der Waals surface area (Å²) in [6, 6.07) is 8.51. The van der Waals surface area contributed by atoms with Crippen molar-refractivity contribution in [1.29, 1.82) is 0 Å². The third-order valence-corrected chi connectivity index (χ3v) is 6.15. The fraction of sp³-hybridized carbons (Fsp3) is 0.440. The third kappa shape index (κ3) is 6.63. The van der Waals surface area contributed by atoms with Crippen molar-refractivity contribution in [3.63, 3.8) is 0 Å². The molecular formula is C25H32Cl2N2O3. The van der Waals surface area contributed by atoms with E-state index in [-0.39, 0.29) is 25.0 Å². The SMILES string of the molecule is CCCNC(=O)C(CC)N(Cc1c(Cl)cccc1Cl)C(=O)COc1cc(C)cc(C)c1C. The maximum absolute atomic E-state index is 13.3. The highest BCUT2D eigenvalue weighted by Crippen LogP contribution is 2.28. The number of hydrogen-bond acceptors (Lipinski definition) is 3. The van der Waals surface area contributed by atoms with Crippen LogP contribution in [-0.4, -0.2) is 35.9 Å². The fourth-order valence-electron chi connectivity index (χ4n) is 3.51. The summed E-state index contributed by atoms with van der Waals surface area (Å²) in [6.07, 6.45) is 1.26. The standard InChI is InChI=1S/C25H32Cl2N2O3/c1-6-11-28-25(31)22(7-2)29(14-19-20(26)9-8-10-21(19)27)24(30)15-32-23-13-16(3)12-17(4)18(23)5/h8-10,12-13,22H,6-7,11,14-15H2,1-5H3,(H,28,31). The topological polar surface area (TPSA) is 58.6 Å². The third-order valence-electron chi connectivity index (χ3n) is 5.44. The maximum atomic E-state index is 13.3. The van der Waals surface area contributed by atoms with E-state index in [0.717, 1.165) is 23.1 Å². The Bertz CT molecular complexity index is 942. The van der Waals surface area contributed by atoms with E-state index < -0.39 is 6.04 Å². The summed E-state index contributed by atoms with van der Waals surface area (Å²) >= 11 is 12.7. The number of rotatable bonds is 10. The minimum Gasteiger partial charge on any atom is -0.483 e. The molecule has 174 valence electrons. The molecule has 32 heavy (non-hydrogen) atoms. The fourth-order valence-corrected chi connectivity index (χ4v) is 4.03. The molecule has 7 heteroatoms. The van der Waals surface area contributed by atoms with Crippen molar-refractivity contribution in [3.8, 4) is 5.75 Å². The number of aryl methyl sites for hydroxylation is 2. The Hall–Kier alpha value is -2.24. The number of nitrogens with zero attached hydrogens (tertiary/aromatic N) is 1. The largest absolute Gasteiger partial charge is 0.483 e. The van der Waals surface area contributed by atoms with Crippen LogP contribution in [0.1, 0.15) is 48.9 Å². The van der Waals surface area contributed by atoms with Crippen LogP contribution in [0.2, 0.25) is 10.0 Å². The number of halogens is 2. The van der Waals surface area contributed by atoms with E-state index in [9.17, 15) is 9.59 Å². The van der Waals surface area contributed by atoms with E-state index in [0.29, 0.717) is 34.3 Å². The van der Waals surface area contributed by atoms with E-state index in [1.807, 2.05) is 40.7 Å². The molecule has 0 aliphatic rings. The lowest BCUT2D eigenvalue weighted by Crippen LogP contribution is -2.50. The summed E-state index contributed by atoms with van der Waals surface area (Å²) in [6.45, 7) is 10.3. The Morgan fingerprint density at radius 1 is 1.09 bits per heavy atom. The lowest BCUT2D eigenvalue weighted by molar-refractivity contribution is -0.143. The van der Waals surface area contributed by atoms with Crippen LogP contribution >= 0.6 is 23.2 Å². The molecule has 0 aromatic heterocycles. The van der Waals surface area contributed by atoms with E-state index in [1.54, 1.807) is 18.2 Å². The van der Waals surface area contributed by atoms with Crippen molar-refractivity contribution >= 4 is 35.0 Å². The van der Waals surface area contributed by atoms with Gasteiger partial charge in [-0.2, -0.15) is 0 Å². The molecule has 0 fully saturated rings. The van der Waals surface area contributed by atoms with Crippen LogP contribution in [0.25, 0.3) is 0 Å². The van der Waals surface area contributed by atoms with Crippen LogP contribution in [0.4, 0.5) is 0 Å².